The second kappa shape index (κ2) is 7.09. The van der Waals surface area contributed by atoms with Crippen LogP contribution in [0.4, 0.5) is 0 Å². The van der Waals surface area contributed by atoms with E-state index in [9.17, 15) is 5.11 Å². The molecule has 6 heteroatoms. The Hall–Kier alpha value is -0.630. The van der Waals surface area contributed by atoms with Crippen molar-refractivity contribution in [3.8, 4) is 0 Å². The first-order valence-electron chi connectivity index (χ1n) is 8.11. The van der Waals surface area contributed by atoms with Crippen LogP contribution in [0.15, 0.2) is 30.3 Å². The highest BCUT2D eigenvalue weighted by Crippen LogP contribution is 2.45. The van der Waals surface area contributed by atoms with Gasteiger partial charge in [-0.15, -0.1) is 11.8 Å². The number of aliphatic hydroxyl groups is 1. The van der Waals surface area contributed by atoms with Crippen LogP contribution in [0.25, 0.3) is 0 Å². The lowest BCUT2D eigenvalue weighted by molar-refractivity contribution is -0.355. The van der Waals surface area contributed by atoms with Crippen LogP contribution in [0.5, 0.6) is 0 Å². The SMILES string of the molecule is CCOC1(c2ccccc2)O[C@H]2[C@H](O)[C@@H](SCC)O[C@@H](C)[C@H]2O1. The quantitative estimate of drug-likeness (QED) is 0.889. The molecule has 5 nitrogen and oxygen atoms in total. The van der Waals surface area contributed by atoms with E-state index in [0.717, 1.165) is 11.3 Å². The first kappa shape index (κ1) is 17.2. The van der Waals surface area contributed by atoms with Gasteiger partial charge in [0.1, 0.15) is 23.7 Å². The molecule has 0 amide bonds. The van der Waals surface area contributed by atoms with Crippen molar-refractivity contribution in [1.29, 1.82) is 0 Å². The monoisotopic (exact) mass is 340 g/mol. The smallest absolute Gasteiger partial charge is 0.312 e. The van der Waals surface area contributed by atoms with Gasteiger partial charge in [-0.2, -0.15) is 0 Å². The Bertz CT molecular complexity index is 513. The molecule has 2 aliphatic heterocycles. The van der Waals surface area contributed by atoms with E-state index in [2.05, 4.69) is 0 Å². The molecule has 0 radical (unpaired) electrons. The van der Waals surface area contributed by atoms with Crippen molar-refractivity contribution < 1.29 is 24.1 Å². The summed E-state index contributed by atoms with van der Waals surface area (Å²) in [6.45, 7) is 6.32. The van der Waals surface area contributed by atoms with Crippen molar-refractivity contribution in [3.63, 3.8) is 0 Å². The standard InChI is InChI=1S/C17H24O5S/c1-4-19-17(12-9-7-6-8-10-12)21-14-11(3)20-16(23-5-2)13(18)15(14)22-17/h6-11,13-16,18H,4-5H2,1-3H3/t11-,13-,14+,15-,16+,17?/m0/s1. The number of ether oxygens (including phenoxy) is 4. The summed E-state index contributed by atoms with van der Waals surface area (Å²) in [7, 11) is 0. The fourth-order valence-electron chi connectivity index (χ4n) is 3.09. The fourth-order valence-corrected chi connectivity index (χ4v) is 4.03. The first-order chi connectivity index (χ1) is 11.1. The van der Waals surface area contributed by atoms with Crippen molar-refractivity contribution in [2.24, 2.45) is 0 Å². The van der Waals surface area contributed by atoms with Gasteiger partial charge in [-0.05, 0) is 19.6 Å². The molecule has 0 bridgehead atoms. The normalized spacial score (nSPS) is 40.1. The number of fused-ring (bicyclic) bond motifs is 1. The molecule has 0 spiro atoms. The van der Waals surface area contributed by atoms with Crippen LogP contribution in [0, 0.1) is 0 Å². The van der Waals surface area contributed by atoms with E-state index < -0.39 is 18.2 Å². The maximum atomic E-state index is 10.6. The van der Waals surface area contributed by atoms with E-state index >= 15 is 0 Å². The molecule has 2 heterocycles. The Morgan fingerprint density at radius 2 is 1.87 bits per heavy atom. The van der Waals surface area contributed by atoms with Crippen LogP contribution < -0.4 is 0 Å². The molecule has 0 aliphatic carbocycles. The van der Waals surface area contributed by atoms with Gasteiger partial charge in [-0.1, -0.05) is 37.3 Å². The van der Waals surface area contributed by atoms with Crippen LogP contribution in [0.2, 0.25) is 0 Å². The number of aliphatic hydroxyl groups excluding tert-OH is 1. The van der Waals surface area contributed by atoms with E-state index in [-0.39, 0.29) is 17.6 Å². The summed E-state index contributed by atoms with van der Waals surface area (Å²) in [5.74, 6) is -0.419. The molecule has 1 N–H and O–H groups in total. The molecule has 2 aliphatic rings. The largest absolute Gasteiger partial charge is 0.387 e. The number of benzene rings is 1. The molecule has 0 aromatic heterocycles. The maximum Gasteiger partial charge on any atom is 0.312 e. The van der Waals surface area contributed by atoms with E-state index in [4.69, 9.17) is 18.9 Å². The highest BCUT2D eigenvalue weighted by Gasteiger charge is 2.58. The zero-order valence-corrected chi connectivity index (χ0v) is 14.5. The first-order valence-corrected chi connectivity index (χ1v) is 9.16. The highest BCUT2D eigenvalue weighted by molar-refractivity contribution is 7.99. The predicted octanol–water partition coefficient (Wildman–Crippen LogP) is 2.48. The van der Waals surface area contributed by atoms with E-state index in [1.807, 2.05) is 51.1 Å². The fraction of sp³-hybridized carbons (Fsp3) is 0.647. The molecule has 3 rings (SSSR count). The number of rotatable bonds is 5. The lowest BCUT2D eigenvalue weighted by atomic mass is 10.0. The zero-order valence-electron chi connectivity index (χ0n) is 13.7. The molecular formula is C17H24O5S. The molecule has 1 aromatic carbocycles. The van der Waals surface area contributed by atoms with Crippen molar-refractivity contribution >= 4 is 11.8 Å². The Balaban J connectivity index is 1.89. The lowest BCUT2D eigenvalue weighted by Crippen LogP contribution is -2.54. The number of hydrogen-bond donors (Lipinski definition) is 1. The lowest BCUT2D eigenvalue weighted by Gasteiger charge is -2.38. The summed E-state index contributed by atoms with van der Waals surface area (Å²) >= 11 is 1.57. The second-order valence-corrected chi connectivity index (χ2v) is 7.05. The minimum Gasteiger partial charge on any atom is -0.387 e. The van der Waals surface area contributed by atoms with Crippen molar-refractivity contribution in [2.45, 2.75) is 56.6 Å². The third-order valence-electron chi connectivity index (χ3n) is 4.13. The van der Waals surface area contributed by atoms with Crippen molar-refractivity contribution in [2.75, 3.05) is 12.4 Å². The Kier molecular flexibility index (Phi) is 5.30. The summed E-state index contributed by atoms with van der Waals surface area (Å²) in [5, 5.41) is 10.6. The molecule has 2 saturated heterocycles. The van der Waals surface area contributed by atoms with Crippen molar-refractivity contribution in [3.05, 3.63) is 35.9 Å². The van der Waals surface area contributed by atoms with Gasteiger partial charge < -0.3 is 24.1 Å². The Labute approximate surface area is 141 Å². The van der Waals surface area contributed by atoms with Crippen molar-refractivity contribution in [1.82, 2.24) is 0 Å². The molecule has 128 valence electrons. The minimum atomic E-state index is -1.28. The summed E-state index contributed by atoms with van der Waals surface area (Å²) in [5.41, 5.74) is 0.475. The summed E-state index contributed by atoms with van der Waals surface area (Å²) in [6.07, 6.45) is -1.79. The Morgan fingerprint density at radius 1 is 1.17 bits per heavy atom. The number of thioether (sulfide) groups is 1. The van der Waals surface area contributed by atoms with Gasteiger partial charge in [0.2, 0.25) is 0 Å². The highest BCUT2D eigenvalue weighted by atomic mass is 32.2. The number of hydrogen-bond acceptors (Lipinski definition) is 6. The Morgan fingerprint density at radius 3 is 2.52 bits per heavy atom. The summed E-state index contributed by atoms with van der Waals surface area (Å²) in [6, 6.07) is 9.57. The average Bonchev–Trinajstić information content (AvgIpc) is 2.96. The van der Waals surface area contributed by atoms with Crippen LogP contribution >= 0.6 is 11.8 Å². The van der Waals surface area contributed by atoms with Crippen LogP contribution in [-0.2, 0) is 24.9 Å². The van der Waals surface area contributed by atoms with Gasteiger partial charge in [0, 0.05) is 12.2 Å². The maximum absolute atomic E-state index is 10.6. The summed E-state index contributed by atoms with van der Waals surface area (Å²) < 4.78 is 24.1. The molecule has 0 saturated carbocycles. The van der Waals surface area contributed by atoms with Crippen LogP contribution in [0.3, 0.4) is 0 Å². The molecule has 6 atom stereocenters. The molecule has 2 fully saturated rings. The third-order valence-corrected chi connectivity index (χ3v) is 5.18. The average molecular weight is 340 g/mol. The van der Waals surface area contributed by atoms with E-state index in [1.54, 1.807) is 11.8 Å². The van der Waals surface area contributed by atoms with Gasteiger partial charge in [-0.25, -0.2) is 0 Å². The molecule has 1 aromatic rings. The van der Waals surface area contributed by atoms with Gasteiger partial charge in [0.25, 0.3) is 0 Å². The second-order valence-electron chi connectivity index (χ2n) is 5.68. The van der Waals surface area contributed by atoms with Crippen LogP contribution in [-0.4, -0.2) is 47.3 Å². The van der Waals surface area contributed by atoms with Gasteiger partial charge >= 0.3 is 5.97 Å². The molecular weight excluding hydrogens is 316 g/mol. The van der Waals surface area contributed by atoms with E-state index in [1.165, 1.54) is 0 Å². The molecule has 1 unspecified atom stereocenters. The van der Waals surface area contributed by atoms with Gasteiger partial charge in [0.15, 0.2) is 0 Å². The predicted molar refractivity (Wildman–Crippen MR) is 88.0 cm³/mol. The van der Waals surface area contributed by atoms with Gasteiger partial charge in [-0.3, -0.25) is 0 Å². The van der Waals surface area contributed by atoms with Crippen LogP contribution in [0.1, 0.15) is 26.3 Å². The van der Waals surface area contributed by atoms with Gasteiger partial charge in [0.05, 0.1) is 6.10 Å². The molecule has 23 heavy (non-hydrogen) atoms. The zero-order chi connectivity index (χ0) is 16.4. The minimum absolute atomic E-state index is 0.182. The third kappa shape index (κ3) is 3.16. The summed E-state index contributed by atoms with van der Waals surface area (Å²) in [4.78, 5) is 0. The van der Waals surface area contributed by atoms with E-state index in [0.29, 0.717) is 6.61 Å². The topological polar surface area (TPSA) is 57.2 Å².